The number of rotatable bonds is 7. The average Bonchev–Trinajstić information content (AvgIpc) is 3.22. The smallest absolute Gasteiger partial charge is 0.242 e. The molecular weight excluding hydrogens is 391 g/mol. The summed E-state index contributed by atoms with van der Waals surface area (Å²) in [5.41, 5.74) is 2.02. The number of thioether (sulfide) groups is 1. The third kappa shape index (κ3) is 5.06. The molecule has 26 heavy (non-hydrogen) atoms. The summed E-state index contributed by atoms with van der Waals surface area (Å²) in [7, 11) is 0. The number of carbonyl (C=O) groups excluding carboxylic acids is 1. The Morgan fingerprint density at radius 1 is 1.38 bits per heavy atom. The van der Waals surface area contributed by atoms with E-state index in [2.05, 4.69) is 34.0 Å². The molecule has 2 heterocycles. The van der Waals surface area contributed by atoms with Crippen LogP contribution in [-0.4, -0.2) is 52.3 Å². The molecule has 0 saturated carbocycles. The first-order valence-corrected chi connectivity index (χ1v) is 10.1. The first kappa shape index (κ1) is 23.1. The topological polar surface area (TPSA) is 50.2 Å². The van der Waals surface area contributed by atoms with Gasteiger partial charge < -0.3 is 14.8 Å². The molecule has 0 aliphatic carbocycles. The molecule has 1 amide bonds. The van der Waals surface area contributed by atoms with E-state index in [1.165, 1.54) is 0 Å². The second kappa shape index (κ2) is 11.0. The van der Waals surface area contributed by atoms with Gasteiger partial charge >= 0.3 is 0 Å². The van der Waals surface area contributed by atoms with Crippen LogP contribution in [0.3, 0.4) is 0 Å². The molecule has 0 spiro atoms. The summed E-state index contributed by atoms with van der Waals surface area (Å²) < 4.78 is 2.10. The number of nitrogens with one attached hydrogen (secondary N) is 1. The number of imidazole rings is 1. The molecule has 5 nitrogen and oxygen atoms in total. The third-order valence-electron chi connectivity index (χ3n) is 4.56. The molecule has 8 heteroatoms. The summed E-state index contributed by atoms with van der Waals surface area (Å²) in [5.74, 6) is 2.01. The molecule has 1 unspecified atom stereocenters. The van der Waals surface area contributed by atoms with Crippen LogP contribution in [0, 0.1) is 0 Å². The quantitative estimate of drug-likeness (QED) is 0.748. The van der Waals surface area contributed by atoms with Crippen molar-refractivity contribution in [2.45, 2.75) is 38.1 Å². The van der Waals surface area contributed by atoms with E-state index in [0.717, 1.165) is 55.1 Å². The Morgan fingerprint density at radius 3 is 2.81 bits per heavy atom. The fourth-order valence-electron chi connectivity index (χ4n) is 3.42. The zero-order valence-corrected chi connectivity index (χ0v) is 17.8. The number of aromatic nitrogens is 2. The van der Waals surface area contributed by atoms with Gasteiger partial charge in [0.05, 0.1) is 16.8 Å². The van der Waals surface area contributed by atoms with Gasteiger partial charge in [-0.1, -0.05) is 19.1 Å². The molecule has 0 radical (unpaired) electrons. The van der Waals surface area contributed by atoms with Crippen LogP contribution in [0.1, 0.15) is 25.6 Å². The van der Waals surface area contributed by atoms with Gasteiger partial charge in [-0.25, -0.2) is 4.98 Å². The number of hydrogen-bond donors (Lipinski definition) is 1. The van der Waals surface area contributed by atoms with Crippen LogP contribution < -0.4 is 5.32 Å². The van der Waals surface area contributed by atoms with Gasteiger partial charge in [0, 0.05) is 19.1 Å². The van der Waals surface area contributed by atoms with Crippen LogP contribution in [0.4, 0.5) is 0 Å². The SMILES string of the molecule is CCCN(C(=O)Cn1c(CSC)nc2ccccc21)C1CCNC1.Cl.Cl. The summed E-state index contributed by atoms with van der Waals surface area (Å²) in [5, 5.41) is 3.37. The zero-order chi connectivity index (χ0) is 16.9. The number of fused-ring (bicyclic) bond motifs is 1. The highest BCUT2D eigenvalue weighted by atomic mass is 35.5. The highest BCUT2D eigenvalue weighted by molar-refractivity contribution is 7.97. The van der Waals surface area contributed by atoms with E-state index >= 15 is 0 Å². The molecular formula is C18H28Cl2N4OS. The Hall–Kier alpha value is -0.950. The molecule has 1 aromatic heterocycles. The molecule has 1 atom stereocenters. The minimum absolute atomic E-state index is 0. The van der Waals surface area contributed by atoms with Gasteiger partial charge in [-0.15, -0.1) is 24.8 Å². The first-order chi connectivity index (χ1) is 11.7. The Kier molecular flexibility index (Phi) is 9.79. The third-order valence-corrected chi connectivity index (χ3v) is 5.11. The minimum atomic E-state index is 0. The van der Waals surface area contributed by atoms with E-state index in [0.29, 0.717) is 12.6 Å². The van der Waals surface area contributed by atoms with Gasteiger partial charge in [-0.2, -0.15) is 11.8 Å². The number of carbonyl (C=O) groups is 1. The van der Waals surface area contributed by atoms with Crippen molar-refractivity contribution in [3.05, 3.63) is 30.1 Å². The normalized spacial score (nSPS) is 16.2. The number of amides is 1. The van der Waals surface area contributed by atoms with Gasteiger partial charge in [-0.05, 0) is 37.8 Å². The maximum absolute atomic E-state index is 13.0. The summed E-state index contributed by atoms with van der Waals surface area (Å²) in [6.45, 7) is 5.26. The van der Waals surface area contributed by atoms with E-state index in [9.17, 15) is 4.79 Å². The predicted molar refractivity (Wildman–Crippen MR) is 115 cm³/mol. The Balaban J connectivity index is 0.00000169. The summed E-state index contributed by atoms with van der Waals surface area (Å²) >= 11 is 1.74. The average molecular weight is 419 g/mol. The van der Waals surface area contributed by atoms with E-state index < -0.39 is 0 Å². The highest BCUT2D eigenvalue weighted by Crippen LogP contribution is 2.20. The highest BCUT2D eigenvalue weighted by Gasteiger charge is 2.26. The second-order valence-corrected chi connectivity index (χ2v) is 7.14. The van der Waals surface area contributed by atoms with Crippen LogP contribution in [0.25, 0.3) is 11.0 Å². The molecule has 146 valence electrons. The number of hydrogen-bond acceptors (Lipinski definition) is 4. The monoisotopic (exact) mass is 418 g/mol. The second-order valence-electron chi connectivity index (χ2n) is 6.27. The molecule has 1 aromatic carbocycles. The fourth-order valence-corrected chi connectivity index (χ4v) is 3.90. The van der Waals surface area contributed by atoms with Crippen LogP contribution in [0.2, 0.25) is 0 Å². The van der Waals surface area contributed by atoms with Crippen LogP contribution in [0.15, 0.2) is 24.3 Å². The van der Waals surface area contributed by atoms with E-state index in [4.69, 9.17) is 4.98 Å². The lowest BCUT2D eigenvalue weighted by molar-refractivity contribution is -0.133. The Labute approximate surface area is 172 Å². The van der Waals surface area contributed by atoms with Crippen molar-refractivity contribution in [2.24, 2.45) is 0 Å². The van der Waals surface area contributed by atoms with E-state index in [1.807, 2.05) is 18.2 Å². The first-order valence-electron chi connectivity index (χ1n) is 8.67. The van der Waals surface area contributed by atoms with Gasteiger partial charge in [0.1, 0.15) is 12.4 Å². The van der Waals surface area contributed by atoms with Crippen molar-refractivity contribution in [3.8, 4) is 0 Å². The maximum atomic E-state index is 13.0. The molecule has 3 rings (SSSR count). The van der Waals surface area contributed by atoms with Crippen molar-refractivity contribution in [3.63, 3.8) is 0 Å². The van der Waals surface area contributed by atoms with Crippen molar-refractivity contribution in [1.29, 1.82) is 0 Å². The fraction of sp³-hybridized carbons (Fsp3) is 0.556. The minimum Gasteiger partial charge on any atom is -0.337 e. The Bertz CT molecular complexity index is 704. The zero-order valence-electron chi connectivity index (χ0n) is 15.3. The van der Waals surface area contributed by atoms with Crippen molar-refractivity contribution < 1.29 is 4.79 Å². The lowest BCUT2D eigenvalue weighted by atomic mass is 10.2. The van der Waals surface area contributed by atoms with Gasteiger partial charge in [0.25, 0.3) is 0 Å². The molecule has 2 aromatic rings. The standard InChI is InChI=1S/C18H26N4OS.2ClH/c1-3-10-21(14-8-9-19-11-14)18(23)12-22-16-7-5-4-6-15(16)20-17(22)13-24-2;;/h4-7,14,19H,3,8-13H2,1-2H3;2*1H. The van der Waals surface area contributed by atoms with E-state index in [-0.39, 0.29) is 30.7 Å². The van der Waals surface area contributed by atoms with E-state index in [1.54, 1.807) is 11.8 Å². The Morgan fingerprint density at radius 2 is 2.15 bits per heavy atom. The number of halogens is 2. The maximum Gasteiger partial charge on any atom is 0.242 e. The van der Waals surface area contributed by atoms with Crippen molar-refractivity contribution in [2.75, 3.05) is 25.9 Å². The van der Waals surface area contributed by atoms with Crippen LogP contribution >= 0.6 is 36.6 Å². The van der Waals surface area contributed by atoms with Crippen molar-refractivity contribution in [1.82, 2.24) is 19.8 Å². The number of nitrogens with zero attached hydrogens (tertiary/aromatic N) is 3. The van der Waals surface area contributed by atoms with Gasteiger partial charge in [-0.3, -0.25) is 4.79 Å². The lowest BCUT2D eigenvalue weighted by Gasteiger charge is -2.28. The molecule has 1 fully saturated rings. The summed E-state index contributed by atoms with van der Waals surface area (Å²) in [4.78, 5) is 19.8. The largest absolute Gasteiger partial charge is 0.337 e. The van der Waals surface area contributed by atoms with Gasteiger partial charge in [0.15, 0.2) is 0 Å². The predicted octanol–water partition coefficient (Wildman–Crippen LogP) is 3.34. The van der Waals surface area contributed by atoms with Crippen LogP contribution in [-0.2, 0) is 17.1 Å². The molecule has 1 aliphatic rings. The summed E-state index contributed by atoms with van der Waals surface area (Å²) in [6, 6.07) is 8.42. The summed E-state index contributed by atoms with van der Waals surface area (Å²) in [6.07, 6.45) is 4.11. The lowest BCUT2D eigenvalue weighted by Crippen LogP contribution is -2.43. The number of para-hydroxylation sites is 2. The van der Waals surface area contributed by atoms with Crippen molar-refractivity contribution >= 4 is 53.5 Å². The van der Waals surface area contributed by atoms with Gasteiger partial charge in [0.2, 0.25) is 5.91 Å². The molecule has 1 saturated heterocycles. The molecule has 0 bridgehead atoms. The number of benzene rings is 1. The molecule has 1 N–H and O–H groups in total. The van der Waals surface area contributed by atoms with Crippen LogP contribution in [0.5, 0.6) is 0 Å². The molecule has 1 aliphatic heterocycles.